The summed E-state index contributed by atoms with van der Waals surface area (Å²) in [5.41, 5.74) is 2.51. The van der Waals surface area contributed by atoms with Gasteiger partial charge in [0.25, 0.3) is 0 Å². The fourth-order valence-corrected chi connectivity index (χ4v) is 2.43. The van der Waals surface area contributed by atoms with E-state index in [1.807, 2.05) is 6.92 Å². The summed E-state index contributed by atoms with van der Waals surface area (Å²) in [6, 6.07) is 8.47. The molecule has 4 heteroatoms. The topological polar surface area (TPSA) is 58.9 Å². The first-order valence-corrected chi connectivity index (χ1v) is 7.48. The molecule has 0 aliphatic carbocycles. The smallest absolute Gasteiger partial charge is 0.146 e. The molecule has 0 heterocycles. The third-order valence-corrected chi connectivity index (χ3v) is 3.75. The Morgan fingerprint density at radius 1 is 1.19 bits per heavy atom. The van der Waals surface area contributed by atoms with Crippen molar-refractivity contribution in [2.24, 2.45) is 11.8 Å². The van der Waals surface area contributed by atoms with Crippen LogP contribution in [0.2, 0.25) is 0 Å². The molecule has 0 aromatic heterocycles. The molecular formula is C17H28O4. The van der Waals surface area contributed by atoms with Crippen molar-refractivity contribution in [3.05, 3.63) is 35.4 Å². The van der Waals surface area contributed by atoms with Crippen molar-refractivity contribution in [1.29, 1.82) is 0 Å². The number of hydrogen-bond acceptors (Lipinski definition) is 4. The van der Waals surface area contributed by atoms with Crippen molar-refractivity contribution in [2.75, 3.05) is 27.1 Å². The highest BCUT2D eigenvalue weighted by Crippen LogP contribution is 2.21. The molecule has 4 nitrogen and oxygen atoms in total. The standard InChI is InChI=1S/C17H28O4/c1-13-4-6-15(7-5-13)9-16(11-21-12-20-3)8-14(2)17(19)10-18/h4-7,14,16-19H,8-12H2,1-3H3/t14-,16+,17+/m0/s1. The lowest BCUT2D eigenvalue weighted by Gasteiger charge is -2.23. The zero-order valence-electron chi connectivity index (χ0n) is 13.3. The summed E-state index contributed by atoms with van der Waals surface area (Å²) in [6.45, 7) is 4.70. The number of benzene rings is 1. The van der Waals surface area contributed by atoms with Crippen LogP contribution < -0.4 is 0 Å². The van der Waals surface area contributed by atoms with Gasteiger partial charge in [-0.3, -0.25) is 0 Å². The molecule has 0 saturated heterocycles. The van der Waals surface area contributed by atoms with Gasteiger partial charge in [0, 0.05) is 7.11 Å². The molecule has 120 valence electrons. The molecule has 0 fully saturated rings. The van der Waals surface area contributed by atoms with E-state index < -0.39 is 6.10 Å². The maximum atomic E-state index is 9.73. The molecule has 21 heavy (non-hydrogen) atoms. The third-order valence-electron chi connectivity index (χ3n) is 3.75. The summed E-state index contributed by atoms with van der Waals surface area (Å²) in [7, 11) is 1.60. The molecule has 2 N–H and O–H groups in total. The number of aryl methyl sites for hydroxylation is 1. The minimum absolute atomic E-state index is 0.0385. The van der Waals surface area contributed by atoms with E-state index in [2.05, 4.69) is 31.2 Å². The summed E-state index contributed by atoms with van der Waals surface area (Å²) in [6.07, 6.45) is 1.03. The average molecular weight is 296 g/mol. The molecule has 3 atom stereocenters. The van der Waals surface area contributed by atoms with Gasteiger partial charge < -0.3 is 19.7 Å². The number of rotatable bonds is 10. The number of aliphatic hydroxyl groups excluding tert-OH is 2. The van der Waals surface area contributed by atoms with Gasteiger partial charge in [-0.25, -0.2) is 0 Å². The van der Waals surface area contributed by atoms with Gasteiger partial charge in [-0.15, -0.1) is 0 Å². The van der Waals surface area contributed by atoms with Crippen molar-refractivity contribution in [1.82, 2.24) is 0 Å². The summed E-state index contributed by atoms with van der Waals surface area (Å²) < 4.78 is 10.4. The normalized spacial score (nSPS) is 15.7. The number of aliphatic hydroxyl groups is 2. The zero-order chi connectivity index (χ0) is 15.7. The van der Waals surface area contributed by atoms with Crippen LogP contribution in [0, 0.1) is 18.8 Å². The molecule has 0 radical (unpaired) electrons. The molecule has 0 spiro atoms. The molecule has 1 aromatic carbocycles. The van der Waals surface area contributed by atoms with E-state index in [9.17, 15) is 5.11 Å². The monoisotopic (exact) mass is 296 g/mol. The van der Waals surface area contributed by atoms with Crippen LogP contribution in [0.15, 0.2) is 24.3 Å². The Balaban J connectivity index is 2.60. The Bertz CT molecular complexity index is 377. The summed E-state index contributed by atoms with van der Waals surface area (Å²) in [5, 5.41) is 18.8. The van der Waals surface area contributed by atoms with E-state index in [4.69, 9.17) is 14.6 Å². The van der Waals surface area contributed by atoms with Crippen LogP contribution >= 0.6 is 0 Å². The Morgan fingerprint density at radius 2 is 1.86 bits per heavy atom. The molecule has 1 aromatic rings. The van der Waals surface area contributed by atoms with Gasteiger partial charge in [0.15, 0.2) is 0 Å². The molecule has 0 aliphatic rings. The molecule has 1 rings (SSSR count). The quantitative estimate of drug-likeness (QED) is 0.513. The van der Waals surface area contributed by atoms with E-state index in [1.54, 1.807) is 7.11 Å². The van der Waals surface area contributed by atoms with E-state index in [0.29, 0.717) is 12.5 Å². The minimum atomic E-state index is -0.673. The fraction of sp³-hybridized carbons (Fsp3) is 0.647. The predicted molar refractivity (Wildman–Crippen MR) is 83.1 cm³/mol. The first kappa shape index (κ1) is 18.1. The maximum Gasteiger partial charge on any atom is 0.146 e. The van der Waals surface area contributed by atoms with Crippen LogP contribution in [0.4, 0.5) is 0 Å². The second-order valence-corrected chi connectivity index (χ2v) is 5.80. The van der Waals surface area contributed by atoms with E-state index in [0.717, 1.165) is 12.8 Å². The molecule has 0 unspecified atom stereocenters. The highest BCUT2D eigenvalue weighted by molar-refractivity contribution is 5.21. The van der Waals surface area contributed by atoms with E-state index in [-0.39, 0.29) is 19.3 Å². The molecular weight excluding hydrogens is 268 g/mol. The van der Waals surface area contributed by atoms with Crippen molar-refractivity contribution in [3.8, 4) is 0 Å². The predicted octanol–water partition coefficient (Wildman–Crippen LogP) is 2.15. The minimum Gasteiger partial charge on any atom is -0.394 e. The first-order chi connectivity index (χ1) is 10.1. The number of methoxy groups -OCH3 is 1. The Labute approximate surface area is 127 Å². The highest BCUT2D eigenvalue weighted by Gasteiger charge is 2.19. The Hall–Kier alpha value is -0.940. The molecule has 0 amide bonds. The van der Waals surface area contributed by atoms with Crippen LogP contribution in [-0.4, -0.2) is 43.4 Å². The first-order valence-electron chi connectivity index (χ1n) is 7.48. The van der Waals surface area contributed by atoms with Crippen LogP contribution in [0.1, 0.15) is 24.5 Å². The van der Waals surface area contributed by atoms with E-state index >= 15 is 0 Å². The lowest BCUT2D eigenvalue weighted by Crippen LogP contribution is -2.26. The largest absolute Gasteiger partial charge is 0.394 e. The van der Waals surface area contributed by atoms with Crippen LogP contribution in [0.5, 0.6) is 0 Å². The average Bonchev–Trinajstić information content (AvgIpc) is 2.48. The second kappa shape index (κ2) is 9.90. The Morgan fingerprint density at radius 3 is 2.43 bits per heavy atom. The lowest BCUT2D eigenvalue weighted by atomic mass is 9.88. The van der Waals surface area contributed by atoms with Gasteiger partial charge in [-0.1, -0.05) is 36.8 Å². The number of hydrogen-bond donors (Lipinski definition) is 2. The summed E-state index contributed by atoms with van der Waals surface area (Å²) >= 11 is 0. The molecule has 0 aliphatic heterocycles. The Kier molecular flexibility index (Phi) is 8.54. The third kappa shape index (κ3) is 7.05. The van der Waals surface area contributed by atoms with Gasteiger partial charge in [-0.2, -0.15) is 0 Å². The van der Waals surface area contributed by atoms with Gasteiger partial charge in [0.05, 0.1) is 19.3 Å². The highest BCUT2D eigenvalue weighted by atomic mass is 16.7. The van der Waals surface area contributed by atoms with Crippen LogP contribution in [0.25, 0.3) is 0 Å². The molecule has 0 bridgehead atoms. The number of ether oxygens (including phenoxy) is 2. The zero-order valence-corrected chi connectivity index (χ0v) is 13.3. The van der Waals surface area contributed by atoms with Gasteiger partial charge in [0.2, 0.25) is 0 Å². The maximum absolute atomic E-state index is 9.73. The fourth-order valence-electron chi connectivity index (χ4n) is 2.43. The van der Waals surface area contributed by atoms with Crippen molar-refractivity contribution in [2.45, 2.75) is 32.8 Å². The van der Waals surface area contributed by atoms with Crippen LogP contribution in [-0.2, 0) is 15.9 Å². The van der Waals surface area contributed by atoms with Crippen molar-refractivity contribution >= 4 is 0 Å². The van der Waals surface area contributed by atoms with Crippen LogP contribution in [0.3, 0.4) is 0 Å². The SMILES string of the molecule is COCOC[C@@H](Cc1ccc(C)cc1)C[C@H](C)[C@H](O)CO. The van der Waals surface area contributed by atoms with Gasteiger partial charge >= 0.3 is 0 Å². The summed E-state index contributed by atoms with van der Waals surface area (Å²) in [5.74, 6) is 0.329. The molecule has 0 saturated carbocycles. The second-order valence-electron chi connectivity index (χ2n) is 5.80. The van der Waals surface area contributed by atoms with Gasteiger partial charge in [-0.05, 0) is 37.2 Å². The van der Waals surface area contributed by atoms with E-state index in [1.165, 1.54) is 11.1 Å². The lowest BCUT2D eigenvalue weighted by molar-refractivity contribution is -0.0488. The van der Waals surface area contributed by atoms with Gasteiger partial charge in [0.1, 0.15) is 6.79 Å². The van der Waals surface area contributed by atoms with Crippen molar-refractivity contribution < 1.29 is 19.7 Å². The van der Waals surface area contributed by atoms with Crippen molar-refractivity contribution in [3.63, 3.8) is 0 Å². The summed E-state index contributed by atoms with van der Waals surface area (Å²) in [4.78, 5) is 0.